The molecule has 30 heavy (non-hydrogen) atoms. The number of rotatable bonds is 7. The lowest BCUT2D eigenvalue weighted by Crippen LogP contribution is -2.44. The van der Waals surface area contributed by atoms with Crippen LogP contribution in [0.2, 0.25) is 0 Å². The fourth-order valence-corrected chi connectivity index (χ4v) is 3.84. The Morgan fingerprint density at radius 3 is 2.47 bits per heavy atom. The average Bonchev–Trinajstić information content (AvgIpc) is 2.95. The number of nitrogens with zero attached hydrogens (tertiary/aromatic N) is 1. The fraction of sp³-hybridized carbons (Fsp3) is 0.250. The number of thioether (sulfide) groups is 1. The van der Waals surface area contributed by atoms with Crippen LogP contribution in [0.15, 0.2) is 53.4 Å². The Labute approximate surface area is 174 Å². The maximum absolute atomic E-state index is 13.3. The second kappa shape index (κ2) is 8.78. The molecule has 1 fully saturated rings. The zero-order chi connectivity index (χ0) is 21.9. The number of amides is 4. The number of benzene rings is 2. The van der Waals surface area contributed by atoms with E-state index in [0.717, 1.165) is 4.90 Å². The third-order valence-electron chi connectivity index (χ3n) is 4.72. The molecule has 3 rings (SSSR count). The summed E-state index contributed by atoms with van der Waals surface area (Å²) >= 11 is 0.274. The van der Waals surface area contributed by atoms with Crippen LogP contribution in [-0.4, -0.2) is 35.0 Å². The van der Waals surface area contributed by atoms with Gasteiger partial charge in [0.15, 0.2) is 0 Å². The van der Waals surface area contributed by atoms with E-state index in [9.17, 15) is 27.6 Å². The van der Waals surface area contributed by atoms with E-state index in [1.165, 1.54) is 36.4 Å². The van der Waals surface area contributed by atoms with E-state index >= 15 is 0 Å². The van der Waals surface area contributed by atoms with Crippen molar-refractivity contribution in [3.8, 4) is 0 Å². The lowest BCUT2D eigenvalue weighted by Gasteiger charge is -2.25. The quantitative estimate of drug-likeness (QED) is 0.508. The third kappa shape index (κ3) is 4.28. The summed E-state index contributed by atoms with van der Waals surface area (Å²) < 4.78 is 38.7. The van der Waals surface area contributed by atoms with Crippen molar-refractivity contribution in [3.63, 3.8) is 0 Å². The van der Waals surface area contributed by atoms with Gasteiger partial charge in [0.1, 0.15) is 17.9 Å². The summed E-state index contributed by atoms with van der Waals surface area (Å²) in [5.41, 5.74) is -0.861. The van der Waals surface area contributed by atoms with E-state index in [4.69, 9.17) is 0 Å². The van der Waals surface area contributed by atoms with Gasteiger partial charge in [-0.2, -0.15) is 8.78 Å². The summed E-state index contributed by atoms with van der Waals surface area (Å²) in [6.45, 7) is 1.09. The van der Waals surface area contributed by atoms with Crippen LogP contribution >= 0.6 is 11.8 Å². The van der Waals surface area contributed by atoms with Crippen molar-refractivity contribution in [2.45, 2.75) is 29.5 Å². The number of alkyl halides is 2. The SMILES string of the molecule is CCC1(c2ccc(F)cc2)NC(=O)N(CC(=O)Nc2ccccc2SC(F)F)C1=O. The summed E-state index contributed by atoms with van der Waals surface area (Å²) in [7, 11) is 0. The molecule has 2 aromatic rings. The molecule has 1 aliphatic rings. The number of carbonyl (C=O) groups is 3. The van der Waals surface area contributed by atoms with E-state index in [2.05, 4.69) is 10.6 Å². The van der Waals surface area contributed by atoms with Crippen LogP contribution in [0, 0.1) is 5.82 Å². The summed E-state index contributed by atoms with van der Waals surface area (Å²) in [6.07, 6.45) is 0.190. The van der Waals surface area contributed by atoms with Crippen LogP contribution in [0.3, 0.4) is 0 Å². The molecule has 2 N–H and O–H groups in total. The van der Waals surface area contributed by atoms with Crippen molar-refractivity contribution in [1.82, 2.24) is 10.2 Å². The molecule has 0 aromatic heterocycles. The number of imide groups is 1. The Kier molecular flexibility index (Phi) is 6.35. The molecule has 0 spiro atoms. The van der Waals surface area contributed by atoms with Gasteiger partial charge in [-0.25, -0.2) is 9.18 Å². The van der Waals surface area contributed by atoms with Crippen LogP contribution in [-0.2, 0) is 15.1 Å². The largest absolute Gasteiger partial charge is 0.325 e. The first-order valence-corrected chi connectivity index (χ1v) is 9.88. The molecule has 1 heterocycles. The molecule has 2 aromatic carbocycles. The second-order valence-corrected chi connectivity index (χ2v) is 7.54. The van der Waals surface area contributed by atoms with Crippen molar-refractivity contribution in [3.05, 3.63) is 59.9 Å². The predicted octanol–water partition coefficient (Wildman–Crippen LogP) is 3.94. The summed E-state index contributed by atoms with van der Waals surface area (Å²) in [5.74, 6) is -4.52. The number of halogens is 3. The van der Waals surface area contributed by atoms with Gasteiger partial charge in [0, 0.05) is 4.90 Å². The number of para-hydroxylation sites is 1. The van der Waals surface area contributed by atoms with Crippen LogP contribution < -0.4 is 10.6 Å². The van der Waals surface area contributed by atoms with Crippen LogP contribution in [0.5, 0.6) is 0 Å². The number of anilines is 1. The zero-order valence-corrected chi connectivity index (χ0v) is 16.6. The first kappa shape index (κ1) is 21.7. The Bertz CT molecular complexity index is 971. The molecule has 10 heteroatoms. The number of hydrogen-bond acceptors (Lipinski definition) is 4. The predicted molar refractivity (Wildman–Crippen MR) is 106 cm³/mol. The Balaban J connectivity index is 1.77. The van der Waals surface area contributed by atoms with Crippen molar-refractivity contribution >= 4 is 35.3 Å². The standard InChI is InChI=1S/C20H18F3N3O3S/c1-2-20(12-7-9-13(21)10-8-12)17(28)26(19(29)25-20)11-16(27)24-14-5-3-4-6-15(14)30-18(22)23/h3-10,18H,2,11H2,1H3,(H,24,27)(H,25,29). The average molecular weight is 437 g/mol. The van der Waals surface area contributed by atoms with Crippen LogP contribution in [0.4, 0.5) is 23.7 Å². The Morgan fingerprint density at radius 2 is 1.83 bits per heavy atom. The highest BCUT2D eigenvalue weighted by atomic mass is 32.2. The highest BCUT2D eigenvalue weighted by Gasteiger charge is 2.51. The van der Waals surface area contributed by atoms with Crippen molar-refractivity contribution in [1.29, 1.82) is 0 Å². The van der Waals surface area contributed by atoms with E-state index in [-0.39, 0.29) is 28.8 Å². The number of urea groups is 1. The van der Waals surface area contributed by atoms with Gasteiger partial charge in [-0.05, 0) is 36.2 Å². The van der Waals surface area contributed by atoms with Gasteiger partial charge in [0.2, 0.25) is 5.91 Å². The number of hydrogen-bond donors (Lipinski definition) is 2. The highest BCUT2D eigenvalue weighted by molar-refractivity contribution is 7.99. The monoisotopic (exact) mass is 437 g/mol. The molecule has 0 saturated carbocycles. The first-order valence-electron chi connectivity index (χ1n) is 9.00. The van der Waals surface area contributed by atoms with Gasteiger partial charge in [-0.15, -0.1) is 0 Å². The Morgan fingerprint density at radius 1 is 1.17 bits per heavy atom. The van der Waals surface area contributed by atoms with Crippen molar-refractivity contribution < 1.29 is 27.6 Å². The number of carbonyl (C=O) groups excluding carboxylic acids is 3. The molecular weight excluding hydrogens is 419 g/mol. The minimum atomic E-state index is -2.67. The van der Waals surface area contributed by atoms with Gasteiger partial charge < -0.3 is 10.6 Å². The molecule has 0 aliphatic carbocycles. The third-order valence-corrected chi connectivity index (χ3v) is 5.51. The number of nitrogens with one attached hydrogen (secondary N) is 2. The zero-order valence-electron chi connectivity index (χ0n) is 15.8. The maximum atomic E-state index is 13.3. The van der Waals surface area contributed by atoms with Gasteiger partial charge in [-0.3, -0.25) is 14.5 Å². The van der Waals surface area contributed by atoms with Crippen molar-refractivity contribution in [2.75, 3.05) is 11.9 Å². The maximum Gasteiger partial charge on any atom is 0.325 e. The molecule has 0 radical (unpaired) electrons. The van der Waals surface area contributed by atoms with E-state index in [1.54, 1.807) is 19.1 Å². The smallest absolute Gasteiger partial charge is 0.324 e. The molecule has 6 nitrogen and oxygen atoms in total. The lowest BCUT2D eigenvalue weighted by molar-refractivity contribution is -0.134. The summed E-state index contributed by atoms with van der Waals surface area (Å²) in [5, 5.41) is 5.05. The normalized spacial score (nSPS) is 18.6. The van der Waals surface area contributed by atoms with Gasteiger partial charge in [0.25, 0.3) is 11.7 Å². The van der Waals surface area contributed by atoms with Gasteiger partial charge >= 0.3 is 6.03 Å². The topological polar surface area (TPSA) is 78.5 Å². The first-order chi connectivity index (χ1) is 14.3. The summed E-state index contributed by atoms with van der Waals surface area (Å²) in [4.78, 5) is 38.8. The van der Waals surface area contributed by atoms with E-state index in [0.29, 0.717) is 5.56 Å². The van der Waals surface area contributed by atoms with Crippen LogP contribution in [0.1, 0.15) is 18.9 Å². The summed E-state index contributed by atoms with van der Waals surface area (Å²) in [6, 6.07) is 10.4. The van der Waals surface area contributed by atoms with Crippen molar-refractivity contribution in [2.24, 2.45) is 0 Å². The van der Waals surface area contributed by atoms with E-state index < -0.39 is 41.5 Å². The molecule has 1 atom stereocenters. The molecule has 1 saturated heterocycles. The fourth-order valence-electron chi connectivity index (χ4n) is 3.25. The highest BCUT2D eigenvalue weighted by Crippen LogP contribution is 2.33. The molecule has 1 aliphatic heterocycles. The molecule has 158 valence electrons. The molecule has 4 amide bonds. The molecule has 0 bridgehead atoms. The minimum absolute atomic E-state index is 0.153. The van der Waals surface area contributed by atoms with Gasteiger partial charge in [-0.1, -0.05) is 43.0 Å². The van der Waals surface area contributed by atoms with E-state index in [1.807, 2.05) is 0 Å². The second-order valence-electron chi connectivity index (χ2n) is 6.51. The van der Waals surface area contributed by atoms with Gasteiger partial charge in [0.05, 0.1) is 5.69 Å². The Hall–Kier alpha value is -3.01. The lowest BCUT2D eigenvalue weighted by atomic mass is 9.87. The molecular formula is C20H18F3N3O3S. The minimum Gasteiger partial charge on any atom is -0.324 e. The molecule has 1 unspecified atom stereocenters. The van der Waals surface area contributed by atoms with Crippen LogP contribution in [0.25, 0.3) is 0 Å².